The molecule has 1 aromatic carbocycles. The standard InChI is InChI=1S/C18H25N3O3S/c22-17(19-9-12-25-16-3-1-2-4-16)20-15-7-5-14(6-8-15)13-21-10-11-24-18(21)23/h5-8,16H,1-4,9-13H2,(H2,19,20,22). The van der Waals surface area contributed by atoms with Crippen LogP contribution < -0.4 is 10.6 Å². The Morgan fingerprint density at radius 1 is 1.24 bits per heavy atom. The van der Waals surface area contributed by atoms with E-state index in [2.05, 4.69) is 10.6 Å². The molecule has 7 heteroatoms. The number of rotatable bonds is 7. The third kappa shape index (κ3) is 5.56. The van der Waals surface area contributed by atoms with Crippen molar-refractivity contribution in [1.29, 1.82) is 0 Å². The third-order valence-electron chi connectivity index (χ3n) is 4.47. The number of hydrogen-bond acceptors (Lipinski definition) is 4. The lowest BCUT2D eigenvalue weighted by molar-refractivity contribution is 0.157. The number of nitrogens with zero attached hydrogens (tertiary/aromatic N) is 1. The first kappa shape index (κ1) is 17.9. The first-order valence-corrected chi connectivity index (χ1v) is 9.93. The van der Waals surface area contributed by atoms with E-state index in [9.17, 15) is 9.59 Å². The van der Waals surface area contributed by atoms with Crippen molar-refractivity contribution in [3.8, 4) is 0 Å². The highest BCUT2D eigenvalue weighted by atomic mass is 32.2. The van der Waals surface area contributed by atoms with Crippen LogP contribution in [0.2, 0.25) is 0 Å². The Labute approximate surface area is 152 Å². The normalized spacial score (nSPS) is 17.6. The number of hydrogen-bond donors (Lipinski definition) is 2. The second-order valence-corrected chi connectivity index (χ2v) is 7.80. The smallest absolute Gasteiger partial charge is 0.410 e. The highest BCUT2D eigenvalue weighted by Crippen LogP contribution is 2.28. The number of cyclic esters (lactones) is 1. The van der Waals surface area contributed by atoms with Crippen LogP contribution in [-0.2, 0) is 11.3 Å². The summed E-state index contributed by atoms with van der Waals surface area (Å²) >= 11 is 1.96. The zero-order chi connectivity index (χ0) is 17.5. The maximum Gasteiger partial charge on any atom is 0.410 e. The van der Waals surface area contributed by atoms with Crippen LogP contribution in [0.5, 0.6) is 0 Å². The SMILES string of the molecule is O=C(NCCSC1CCCC1)Nc1ccc(CN2CCOC2=O)cc1. The Morgan fingerprint density at radius 3 is 2.68 bits per heavy atom. The molecule has 3 amide bonds. The first-order chi connectivity index (χ1) is 12.2. The maximum atomic E-state index is 11.9. The van der Waals surface area contributed by atoms with Crippen molar-refractivity contribution < 1.29 is 14.3 Å². The summed E-state index contributed by atoms with van der Waals surface area (Å²) in [5.41, 5.74) is 1.76. The maximum absolute atomic E-state index is 11.9. The number of carbonyl (C=O) groups is 2. The van der Waals surface area contributed by atoms with Crippen molar-refractivity contribution in [2.24, 2.45) is 0 Å². The predicted octanol–water partition coefficient (Wildman–Crippen LogP) is 3.44. The van der Waals surface area contributed by atoms with Gasteiger partial charge in [0.15, 0.2) is 0 Å². The van der Waals surface area contributed by atoms with Crippen LogP contribution in [-0.4, -0.2) is 47.7 Å². The number of thioether (sulfide) groups is 1. The summed E-state index contributed by atoms with van der Waals surface area (Å²) in [5.74, 6) is 0.961. The molecule has 0 unspecified atom stereocenters. The minimum Gasteiger partial charge on any atom is -0.448 e. The monoisotopic (exact) mass is 363 g/mol. The van der Waals surface area contributed by atoms with Gasteiger partial charge in [0.05, 0.1) is 6.54 Å². The molecular formula is C18H25N3O3S. The average Bonchev–Trinajstić information content (AvgIpc) is 3.26. The predicted molar refractivity (Wildman–Crippen MR) is 99.9 cm³/mol. The lowest BCUT2D eigenvalue weighted by Crippen LogP contribution is -2.30. The highest BCUT2D eigenvalue weighted by Gasteiger charge is 2.21. The Morgan fingerprint density at radius 2 is 2.00 bits per heavy atom. The van der Waals surface area contributed by atoms with Crippen LogP contribution >= 0.6 is 11.8 Å². The molecule has 0 radical (unpaired) electrons. The number of ether oxygens (including phenoxy) is 1. The second kappa shape index (κ2) is 8.99. The molecule has 0 bridgehead atoms. The van der Waals surface area contributed by atoms with Crippen molar-refractivity contribution in [3.63, 3.8) is 0 Å². The molecule has 2 N–H and O–H groups in total. The van der Waals surface area contributed by atoms with Crippen molar-refractivity contribution >= 4 is 29.6 Å². The van der Waals surface area contributed by atoms with Gasteiger partial charge in [-0.3, -0.25) is 0 Å². The number of anilines is 1. The Kier molecular flexibility index (Phi) is 6.44. The molecule has 1 aromatic rings. The minimum absolute atomic E-state index is 0.178. The number of carbonyl (C=O) groups excluding carboxylic acids is 2. The number of amides is 3. The van der Waals surface area contributed by atoms with Crippen molar-refractivity contribution in [2.75, 3.05) is 30.8 Å². The van der Waals surface area contributed by atoms with Gasteiger partial charge >= 0.3 is 12.1 Å². The number of benzene rings is 1. The van der Waals surface area contributed by atoms with Gasteiger partial charge in [-0.1, -0.05) is 25.0 Å². The second-order valence-electron chi connectivity index (χ2n) is 6.39. The molecule has 0 spiro atoms. The molecule has 2 aliphatic rings. The van der Waals surface area contributed by atoms with E-state index in [1.165, 1.54) is 25.7 Å². The summed E-state index contributed by atoms with van der Waals surface area (Å²) in [6.45, 7) is 2.30. The van der Waals surface area contributed by atoms with Crippen molar-refractivity contribution in [3.05, 3.63) is 29.8 Å². The fraction of sp³-hybridized carbons (Fsp3) is 0.556. The van der Waals surface area contributed by atoms with Gasteiger partial charge in [-0.05, 0) is 30.5 Å². The molecule has 136 valence electrons. The van der Waals surface area contributed by atoms with Gasteiger partial charge in [-0.15, -0.1) is 0 Å². The Balaban J connectivity index is 1.35. The Hall–Kier alpha value is -1.89. The van der Waals surface area contributed by atoms with Gasteiger partial charge in [0.1, 0.15) is 6.61 Å². The summed E-state index contributed by atoms with van der Waals surface area (Å²) in [6, 6.07) is 7.35. The van der Waals surface area contributed by atoms with Crippen LogP contribution in [0.4, 0.5) is 15.3 Å². The van der Waals surface area contributed by atoms with Crippen LogP contribution in [0.15, 0.2) is 24.3 Å². The molecule has 0 aromatic heterocycles. The Bertz CT molecular complexity index is 588. The van der Waals surface area contributed by atoms with Crippen LogP contribution in [0.1, 0.15) is 31.2 Å². The first-order valence-electron chi connectivity index (χ1n) is 8.88. The summed E-state index contributed by atoms with van der Waals surface area (Å²) in [6.07, 6.45) is 5.06. The average molecular weight is 363 g/mol. The van der Waals surface area contributed by atoms with Gasteiger partial charge in [-0.25, -0.2) is 9.59 Å². The third-order valence-corrected chi connectivity index (χ3v) is 5.86. The van der Waals surface area contributed by atoms with E-state index in [1.807, 2.05) is 36.0 Å². The van der Waals surface area contributed by atoms with Gasteiger partial charge in [0, 0.05) is 29.8 Å². The van der Waals surface area contributed by atoms with Gasteiger partial charge in [0.2, 0.25) is 0 Å². The molecule has 1 aliphatic heterocycles. The van der Waals surface area contributed by atoms with Crippen LogP contribution in [0.3, 0.4) is 0 Å². The van der Waals surface area contributed by atoms with Crippen molar-refractivity contribution in [2.45, 2.75) is 37.5 Å². The molecule has 1 saturated heterocycles. The summed E-state index contributed by atoms with van der Waals surface area (Å²) in [4.78, 5) is 25.0. The number of urea groups is 1. The van der Waals surface area contributed by atoms with E-state index in [0.717, 1.165) is 22.3 Å². The molecule has 1 aliphatic carbocycles. The molecule has 1 heterocycles. The van der Waals surface area contributed by atoms with Crippen molar-refractivity contribution in [1.82, 2.24) is 10.2 Å². The van der Waals surface area contributed by atoms with Gasteiger partial charge in [0.25, 0.3) is 0 Å². The molecule has 3 rings (SSSR count). The lowest BCUT2D eigenvalue weighted by atomic mass is 10.2. The van der Waals surface area contributed by atoms with E-state index >= 15 is 0 Å². The highest BCUT2D eigenvalue weighted by molar-refractivity contribution is 7.99. The summed E-state index contributed by atoms with van der Waals surface area (Å²) in [5, 5.41) is 6.51. The molecule has 0 atom stereocenters. The molecular weight excluding hydrogens is 338 g/mol. The summed E-state index contributed by atoms with van der Waals surface area (Å²) < 4.78 is 4.91. The van der Waals surface area contributed by atoms with Gasteiger partial charge < -0.3 is 20.3 Å². The minimum atomic E-state index is -0.267. The summed E-state index contributed by atoms with van der Waals surface area (Å²) in [7, 11) is 0. The van der Waals surface area contributed by atoms with E-state index < -0.39 is 0 Å². The van der Waals surface area contributed by atoms with E-state index in [0.29, 0.717) is 26.2 Å². The molecule has 2 fully saturated rings. The number of nitrogens with one attached hydrogen (secondary N) is 2. The largest absolute Gasteiger partial charge is 0.448 e. The topological polar surface area (TPSA) is 70.7 Å². The van der Waals surface area contributed by atoms with E-state index in [1.54, 1.807) is 4.90 Å². The zero-order valence-electron chi connectivity index (χ0n) is 14.3. The van der Waals surface area contributed by atoms with Gasteiger partial charge in [-0.2, -0.15) is 11.8 Å². The molecule has 25 heavy (non-hydrogen) atoms. The molecule has 1 saturated carbocycles. The lowest BCUT2D eigenvalue weighted by Gasteiger charge is -2.13. The van der Waals surface area contributed by atoms with E-state index in [4.69, 9.17) is 4.74 Å². The van der Waals surface area contributed by atoms with E-state index in [-0.39, 0.29) is 12.1 Å². The fourth-order valence-electron chi connectivity index (χ4n) is 3.10. The fourth-order valence-corrected chi connectivity index (χ4v) is 4.32. The van der Waals surface area contributed by atoms with Crippen LogP contribution in [0, 0.1) is 0 Å². The molecule has 6 nitrogen and oxygen atoms in total. The quantitative estimate of drug-likeness (QED) is 0.728. The van der Waals surface area contributed by atoms with Crippen LogP contribution in [0.25, 0.3) is 0 Å². The zero-order valence-corrected chi connectivity index (χ0v) is 15.1.